The van der Waals surface area contributed by atoms with Crippen LogP contribution in [0.1, 0.15) is 42.5 Å². The van der Waals surface area contributed by atoms with Crippen molar-refractivity contribution in [3.05, 3.63) is 107 Å². The van der Waals surface area contributed by atoms with Gasteiger partial charge in [-0.05, 0) is 61.8 Å². The quantitative estimate of drug-likeness (QED) is 0.322. The lowest BCUT2D eigenvalue weighted by Gasteiger charge is -2.37. The highest BCUT2D eigenvalue weighted by atomic mass is 32.1. The molecule has 1 aliphatic heterocycles. The number of allylic oxidation sites excluding steroid dienone is 1. The second kappa shape index (κ2) is 9.43. The Morgan fingerprint density at radius 2 is 1.77 bits per heavy atom. The molecule has 1 atom stereocenters. The van der Waals surface area contributed by atoms with Gasteiger partial charge in [0.15, 0.2) is 5.11 Å². The Balaban J connectivity index is 1.64. The van der Waals surface area contributed by atoms with Gasteiger partial charge in [-0.2, -0.15) is 4.98 Å². The summed E-state index contributed by atoms with van der Waals surface area (Å²) in [4.78, 5) is 6.55. The Bertz CT molecular complexity index is 1410. The summed E-state index contributed by atoms with van der Waals surface area (Å²) in [5.74, 6) is 0.557. The zero-order chi connectivity index (χ0) is 24.5. The van der Waals surface area contributed by atoms with Crippen LogP contribution < -0.4 is 10.2 Å². The Morgan fingerprint density at radius 3 is 2.46 bits per heavy atom. The summed E-state index contributed by atoms with van der Waals surface area (Å²) in [5.41, 5.74) is 6.50. The molecule has 176 valence electrons. The van der Waals surface area contributed by atoms with Crippen LogP contribution in [0.4, 0.5) is 10.1 Å². The molecule has 1 aromatic heterocycles. The van der Waals surface area contributed by atoms with Crippen LogP contribution in [-0.4, -0.2) is 15.3 Å². The number of aromatic nitrogens is 2. The second-order valence-corrected chi connectivity index (χ2v) is 8.97. The zero-order valence-corrected chi connectivity index (χ0v) is 20.6. The average Bonchev–Trinajstić information content (AvgIpc) is 3.34. The lowest BCUT2D eigenvalue weighted by atomic mass is 9.93. The lowest BCUT2D eigenvalue weighted by Crippen LogP contribution is -2.46. The molecule has 1 aliphatic rings. The summed E-state index contributed by atoms with van der Waals surface area (Å²) < 4.78 is 19.9. The monoisotopic (exact) mass is 484 g/mol. The van der Waals surface area contributed by atoms with Crippen molar-refractivity contribution in [3.8, 4) is 11.4 Å². The smallest absolute Gasteiger partial charge is 0.258 e. The molecule has 5 nitrogen and oxygen atoms in total. The maximum absolute atomic E-state index is 14.1. The highest BCUT2D eigenvalue weighted by Gasteiger charge is 2.34. The molecule has 35 heavy (non-hydrogen) atoms. The van der Waals surface area contributed by atoms with E-state index in [0.717, 1.165) is 34.4 Å². The van der Waals surface area contributed by atoms with E-state index >= 15 is 0 Å². The summed E-state index contributed by atoms with van der Waals surface area (Å²) in [7, 11) is 0. The van der Waals surface area contributed by atoms with Crippen molar-refractivity contribution in [1.82, 2.24) is 15.5 Å². The fraction of sp³-hybridized carbons (Fsp3) is 0.179. The van der Waals surface area contributed by atoms with Crippen molar-refractivity contribution in [2.75, 3.05) is 4.90 Å². The molecule has 0 fully saturated rings. The molecule has 1 N–H and O–H groups in total. The molecule has 5 rings (SSSR count). The van der Waals surface area contributed by atoms with Gasteiger partial charge in [-0.25, -0.2) is 4.39 Å². The van der Waals surface area contributed by atoms with Crippen LogP contribution in [-0.2, 0) is 6.42 Å². The Labute approximate surface area is 209 Å². The summed E-state index contributed by atoms with van der Waals surface area (Å²) in [6.07, 6.45) is 0.954. The molecule has 0 aliphatic carbocycles. The highest BCUT2D eigenvalue weighted by Crippen LogP contribution is 2.39. The topological polar surface area (TPSA) is 54.2 Å². The van der Waals surface area contributed by atoms with Crippen LogP contribution >= 0.6 is 12.2 Å². The number of hydrogen-bond acceptors (Lipinski definition) is 4. The number of hydrogen-bond donors (Lipinski definition) is 1. The lowest BCUT2D eigenvalue weighted by molar-refractivity contribution is 0.404. The van der Waals surface area contributed by atoms with Crippen molar-refractivity contribution >= 4 is 28.6 Å². The van der Waals surface area contributed by atoms with E-state index in [9.17, 15) is 4.39 Å². The van der Waals surface area contributed by atoms with Crippen molar-refractivity contribution in [1.29, 1.82) is 0 Å². The van der Waals surface area contributed by atoms with E-state index in [1.165, 1.54) is 17.7 Å². The predicted molar refractivity (Wildman–Crippen MR) is 140 cm³/mol. The van der Waals surface area contributed by atoms with Crippen molar-refractivity contribution in [2.45, 2.75) is 33.2 Å². The first-order valence-corrected chi connectivity index (χ1v) is 11.9. The molecule has 0 saturated carbocycles. The Hall–Kier alpha value is -3.84. The van der Waals surface area contributed by atoms with Gasteiger partial charge in [0.1, 0.15) is 5.82 Å². The number of anilines is 1. The highest BCUT2D eigenvalue weighted by molar-refractivity contribution is 7.80. The van der Waals surface area contributed by atoms with Gasteiger partial charge in [0.25, 0.3) is 5.89 Å². The van der Waals surface area contributed by atoms with Crippen molar-refractivity contribution in [3.63, 3.8) is 0 Å². The van der Waals surface area contributed by atoms with Gasteiger partial charge in [-0.15, -0.1) is 0 Å². The molecule has 0 saturated heterocycles. The van der Waals surface area contributed by atoms with Crippen LogP contribution in [0.15, 0.2) is 83.0 Å². The van der Waals surface area contributed by atoms with Gasteiger partial charge in [-0.1, -0.05) is 72.2 Å². The van der Waals surface area contributed by atoms with E-state index in [2.05, 4.69) is 41.7 Å². The third kappa shape index (κ3) is 4.47. The molecule has 1 unspecified atom stereocenters. The number of thiocarbonyl (C=S) groups is 1. The van der Waals surface area contributed by atoms with E-state index in [4.69, 9.17) is 21.7 Å². The molecule has 0 radical (unpaired) electrons. The fourth-order valence-electron chi connectivity index (χ4n) is 4.29. The van der Waals surface area contributed by atoms with Crippen LogP contribution in [0.5, 0.6) is 0 Å². The average molecular weight is 485 g/mol. The van der Waals surface area contributed by atoms with Gasteiger partial charge in [0.2, 0.25) is 5.82 Å². The minimum atomic E-state index is -0.337. The summed E-state index contributed by atoms with van der Waals surface area (Å²) in [5, 5.41) is 8.15. The normalized spacial score (nSPS) is 15.9. The summed E-state index contributed by atoms with van der Waals surface area (Å²) in [6, 6.07) is 22.4. The first kappa shape index (κ1) is 22.9. The first-order chi connectivity index (χ1) is 16.9. The molecule has 7 heteroatoms. The molecule has 0 amide bonds. The molecular formula is C28H25FN4OS. The van der Waals surface area contributed by atoms with Crippen molar-refractivity contribution < 1.29 is 8.91 Å². The van der Waals surface area contributed by atoms with Gasteiger partial charge in [0, 0.05) is 11.3 Å². The number of aryl methyl sites for hydroxylation is 2. The maximum atomic E-state index is 14.1. The number of benzene rings is 3. The van der Waals surface area contributed by atoms with Gasteiger partial charge in [0.05, 0.1) is 17.3 Å². The van der Waals surface area contributed by atoms with Crippen LogP contribution in [0.2, 0.25) is 0 Å². The first-order valence-electron chi connectivity index (χ1n) is 11.5. The van der Waals surface area contributed by atoms with E-state index in [0.29, 0.717) is 22.5 Å². The SMILES string of the molecule is CCc1ccc(C2NC(=S)N(c3cccc(F)c3)C(C)=C2c2nc(-c3ccc(C)cc3)no2)cc1. The summed E-state index contributed by atoms with van der Waals surface area (Å²) >= 11 is 5.74. The molecule has 2 heterocycles. The van der Waals surface area contributed by atoms with Gasteiger partial charge in [-0.3, -0.25) is 4.90 Å². The molecule has 3 aromatic carbocycles. The molecular weight excluding hydrogens is 459 g/mol. The maximum Gasteiger partial charge on any atom is 0.258 e. The zero-order valence-electron chi connectivity index (χ0n) is 19.7. The molecule has 0 bridgehead atoms. The van der Waals surface area contributed by atoms with E-state index in [1.54, 1.807) is 11.0 Å². The predicted octanol–water partition coefficient (Wildman–Crippen LogP) is 6.61. The van der Waals surface area contributed by atoms with Gasteiger partial charge < -0.3 is 9.84 Å². The van der Waals surface area contributed by atoms with E-state index in [1.807, 2.05) is 44.2 Å². The number of nitrogens with zero attached hydrogens (tertiary/aromatic N) is 3. The standard InChI is InChI=1S/C28H25FN4OS/c1-4-19-10-14-20(15-11-19)25-24(27-31-26(32-34-27)21-12-8-17(2)9-13-21)18(3)33(28(35)30-25)23-7-5-6-22(29)16-23/h5-16,25H,4H2,1-3H3,(H,30,35). The second-order valence-electron chi connectivity index (χ2n) is 8.58. The van der Waals surface area contributed by atoms with Crippen LogP contribution in [0, 0.1) is 12.7 Å². The van der Waals surface area contributed by atoms with E-state index < -0.39 is 0 Å². The number of nitrogens with one attached hydrogen (secondary N) is 1. The third-order valence-corrected chi connectivity index (χ3v) is 6.54. The van der Waals surface area contributed by atoms with Crippen LogP contribution in [0.25, 0.3) is 17.0 Å². The van der Waals surface area contributed by atoms with Crippen LogP contribution in [0.3, 0.4) is 0 Å². The summed E-state index contributed by atoms with van der Waals surface area (Å²) in [6.45, 7) is 6.10. The minimum Gasteiger partial charge on any atom is -0.351 e. The number of halogens is 1. The molecule has 4 aromatic rings. The largest absolute Gasteiger partial charge is 0.351 e. The van der Waals surface area contributed by atoms with E-state index in [-0.39, 0.29) is 11.9 Å². The fourth-order valence-corrected chi connectivity index (χ4v) is 4.65. The Kier molecular flexibility index (Phi) is 6.17. The number of rotatable bonds is 5. The Morgan fingerprint density at radius 1 is 1.03 bits per heavy atom. The minimum absolute atomic E-state index is 0.301. The molecule has 0 spiro atoms. The van der Waals surface area contributed by atoms with Crippen molar-refractivity contribution in [2.24, 2.45) is 0 Å². The van der Waals surface area contributed by atoms with Gasteiger partial charge >= 0.3 is 0 Å². The third-order valence-electron chi connectivity index (χ3n) is 6.24.